The lowest BCUT2D eigenvalue weighted by Gasteiger charge is -2.29. The predicted octanol–water partition coefficient (Wildman–Crippen LogP) is 3.35. The summed E-state index contributed by atoms with van der Waals surface area (Å²) in [6, 6.07) is 6.52. The second-order valence-electron chi connectivity index (χ2n) is 7.49. The number of hydrogen-bond acceptors (Lipinski definition) is 4. The molecule has 0 fully saturated rings. The van der Waals surface area contributed by atoms with Crippen molar-refractivity contribution in [2.45, 2.75) is 38.5 Å². The standard InChI is InChI=1S/C18H26N4O2S2/c1-13-9-15(12-18(2,3)11-13)20-21-17(25)19-14-7-6-8-16(10-14)26(23,24)22(4)5/h6-10H,11-12H2,1-5H3,(H2,19,21,25)/b20-15+. The molecule has 0 amide bonds. The van der Waals surface area contributed by atoms with Crippen LogP contribution in [0.2, 0.25) is 0 Å². The van der Waals surface area contributed by atoms with E-state index in [4.69, 9.17) is 12.2 Å². The van der Waals surface area contributed by atoms with Gasteiger partial charge in [-0.3, -0.25) is 5.43 Å². The monoisotopic (exact) mass is 394 g/mol. The van der Waals surface area contributed by atoms with E-state index < -0.39 is 10.0 Å². The minimum absolute atomic E-state index is 0.184. The van der Waals surface area contributed by atoms with Gasteiger partial charge in [-0.05, 0) is 61.7 Å². The van der Waals surface area contributed by atoms with Crippen LogP contribution >= 0.6 is 12.2 Å². The highest BCUT2D eigenvalue weighted by Gasteiger charge is 2.24. The summed E-state index contributed by atoms with van der Waals surface area (Å²) in [4.78, 5) is 0.203. The number of nitrogens with zero attached hydrogens (tertiary/aromatic N) is 2. The highest BCUT2D eigenvalue weighted by molar-refractivity contribution is 7.89. The number of thiocarbonyl (C=S) groups is 1. The van der Waals surface area contributed by atoms with Crippen LogP contribution in [0.3, 0.4) is 0 Å². The van der Waals surface area contributed by atoms with Crippen LogP contribution in [0.4, 0.5) is 5.69 Å². The average molecular weight is 395 g/mol. The van der Waals surface area contributed by atoms with Gasteiger partial charge in [-0.15, -0.1) is 0 Å². The van der Waals surface area contributed by atoms with Gasteiger partial charge in [0.1, 0.15) is 0 Å². The van der Waals surface area contributed by atoms with Crippen molar-refractivity contribution in [2.24, 2.45) is 10.5 Å². The van der Waals surface area contributed by atoms with Gasteiger partial charge in [0, 0.05) is 19.8 Å². The number of rotatable bonds is 4. The van der Waals surface area contributed by atoms with E-state index in [2.05, 4.69) is 42.7 Å². The van der Waals surface area contributed by atoms with Crippen molar-refractivity contribution in [3.63, 3.8) is 0 Å². The maximum Gasteiger partial charge on any atom is 0.242 e. The fourth-order valence-corrected chi connectivity index (χ4v) is 4.10. The average Bonchev–Trinajstić information content (AvgIpc) is 2.51. The number of sulfonamides is 1. The van der Waals surface area contributed by atoms with E-state index in [9.17, 15) is 8.42 Å². The van der Waals surface area contributed by atoms with Gasteiger partial charge in [0.15, 0.2) is 5.11 Å². The van der Waals surface area contributed by atoms with Gasteiger partial charge in [0.2, 0.25) is 10.0 Å². The lowest BCUT2D eigenvalue weighted by molar-refractivity contribution is 0.373. The Kier molecular flexibility index (Phi) is 6.21. The number of allylic oxidation sites excluding steroid dienone is 2. The fraction of sp³-hybridized carbons (Fsp3) is 0.444. The molecule has 0 saturated heterocycles. The normalized spacial score (nSPS) is 18.5. The van der Waals surface area contributed by atoms with Crippen molar-refractivity contribution < 1.29 is 8.42 Å². The van der Waals surface area contributed by atoms with Gasteiger partial charge >= 0.3 is 0 Å². The van der Waals surface area contributed by atoms with E-state index in [1.165, 1.54) is 24.0 Å². The number of hydrogen-bond donors (Lipinski definition) is 2. The molecule has 2 rings (SSSR count). The first-order valence-electron chi connectivity index (χ1n) is 8.33. The molecule has 0 spiro atoms. The molecule has 0 atom stereocenters. The Balaban J connectivity index is 2.07. The quantitative estimate of drug-likeness (QED) is 0.605. The van der Waals surface area contributed by atoms with Gasteiger partial charge in [-0.1, -0.05) is 25.5 Å². The fourth-order valence-electron chi connectivity index (χ4n) is 2.99. The van der Waals surface area contributed by atoms with Crippen molar-refractivity contribution in [3.05, 3.63) is 35.9 Å². The lowest BCUT2D eigenvalue weighted by Crippen LogP contribution is -2.28. The Bertz CT molecular complexity index is 856. The Morgan fingerprint density at radius 2 is 1.96 bits per heavy atom. The molecule has 2 N–H and O–H groups in total. The molecule has 0 aromatic heterocycles. The van der Waals surface area contributed by atoms with E-state index in [1.807, 2.05) is 0 Å². The summed E-state index contributed by atoms with van der Waals surface area (Å²) >= 11 is 5.27. The van der Waals surface area contributed by atoms with E-state index >= 15 is 0 Å². The number of benzene rings is 1. The minimum Gasteiger partial charge on any atom is -0.331 e. The number of nitrogens with one attached hydrogen (secondary N) is 2. The van der Waals surface area contributed by atoms with Gasteiger partial charge in [-0.25, -0.2) is 12.7 Å². The first-order valence-corrected chi connectivity index (χ1v) is 10.2. The zero-order valence-corrected chi connectivity index (χ0v) is 17.5. The van der Waals surface area contributed by atoms with Gasteiger partial charge in [-0.2, -0.15) is 5.10 Å². The van der Waals surface area contributed by atoms with E-state index in [0.717, 1.165) is 18.6 Å². The second-order valence-corrected chi connectivity index (χ2v) is 10.1. The molecule has 0 bridgehead atoms. The molecular weight excluding hydrogens is 368 g/mol. The van der Waals surface area contributed by atoms with Crippen LogP contribution < -0.4 is 10.7 Å². The first-order chi connectivity index (χ1) is 12.0. The van der Waals surface area contributed by atoms with Crippen molar-refractivity contribution in [3.8, 4) is 0 Å². The van der Waals surface area contributed by atoms with Gasteiger partial charge < -0.3 is 5.32 Å². The maximum atomic E-state index is 12.2. The number of anilines is 1. The highest BCUT2D eigenvalue weighted by Crippen LogP contribution is 2.33. The largest absolute Gasteiger partial charge is 0.331 e. The molecule has 0 radical (unpaired) electrons. The zero-order chi connectivity index (χ0) is 19.5. The lowest BCUT2D eigenvalue weighted by atomic mass is 9.77. The highest BCUT2D eigenvalue weighted by atomic mass is 32.2. The first kappa shape index (κ1) is 20.5. The second kappa shape index (κ2) is 7.85. The molecular formula is C18H26N4O2S2. The molecule has 1 aliphatic rings. The molecule has 1 aromatic carbocycles. The molecule has 8 heteroatoms. The Morgan fingerprint density at radius 1 is 1.27 bits per heavy atom. The third kappa shape index (κ3) is 5.36. The Morgan fingerprint density at radius 3 is 2.58 bits per heavy atom. The van der Waals surface area contributed by atoms with Crippen LogP contribution in [0, 0.1) is 5.41 Å². The van der Waals surface area contributed by atoms with Crippen LogP contribution in [-0.4, -0.2) is 37.6 Å². The van der Waals surface area contributed by atoms with Crippen LogP contribution in [0.15, 0.2) is 45.9 Å². The molecule has 6 nitrogen and oxygen atoms in total. The molecule has 26 heavy (non-hydrogen) atoms. The smallest absolute Gasteiger partial charge is 0.242 e. The molecule has 1 aliphatic carbocycles. The van der Waals surface area contributed by atoms with E-state index in [1.54, 1.807) is 24.3 Å². The van der Waals surface area contributed by atoms with E-state index in [-0.39, 0.29) is 10.3 Å². The third-order valence-corrected chi connectivity index (χ3v) is 6.01. The zero-order valence-electron chi connectivity index (χ0n) is 15.8. The Labute approximate surface area is 161 Å². The van der Waals surface area contributed by atoms with Gasteiger partial charge in [0.05, 0.1) is 10.6 Å². The van der Waals surface area contributed by atoms with Crippen LogP contribution in [0.1, 0.15) is 33.6 Å². The van der Waals surface area contributed by atoms with Crippen molar-refractivity contribution in [1.29, 1.82) is 0 Å². The molecule has 0 heterocycles. The van der Waals surface area contributed by atoms with Crippen molar-refractivity contribution >= 4 is 38.8 Å². The molecule has 0 unspecified atom stereocenters. The summed E-state index contributed by atoms with van der Waals surface area (Å²) in [7, 11) is -0.492. The predicted molar refractivity (Wildman–Crippen MR) is 111 cm³/mol. The van der Waals surface area contributed by atoms with Crippen LogP contribution in [0.5, 0.6) is 0 Å². The summed E-state index contributed by atoms with van der Waals surface area (Å²) in [6.07, 6.45) is 4.00. The summed E-state index contributed by atoms with van der Waals surface area (Å²) in [5.74, 6) is 0. The molecule has 0 saturated carbocycles. The molecule has 0 aliphatic heterocycles. The maximum absolute atomic E-state index is 12.2. The SMILES string of the molecule is CC1=C/C(=N\NC(=S)Nc2cccc(S(=O)(=O)N(C)C)c2)CC(C)(C)C1. The summed E-state index contributed by atoms with van der Waals surface area (Å²) in [5.41, 5.74) is 5.86. The summed E-state index contributed by atoms with van der Waals surface area (Å²) in [5, 5.41) is 7.67. The summed E-state index contributed by atoms with van der Waals surface area (Å²) in [6.45, 7) is 6.53. The van der Waals surface area contributed by atoms with Crippen molar-refractivity contribution in [2.75, 3.05) is 19.4 Å². The Hall–Kier alpha value is -1.77. The van der Waals surface area contributed by atoms with Gasteiger partial charge in [0.25, 0.3) is 0 Å². The van der Waals surface area contributed by atoms with Crippen LogP contribution in [-0.2, 0) is 10.0 Å². The molecule has 142 valence electrons. The van der Waals surface area contributed by atoms with Crippen LogP contribution in [0.25, 0.3) is 0 Å². The van der Waals surface area contributed by atoms with E-state index in [0.29, 0.717) is 10.8 Å². The summed E-state index contributed by atoms with van der Waals surface area (Å²) < 4.78 is 25.6. The number of hydrazone groups is 1. The van der Waals surface area contributed by atoms with Crippen molar-refractivity contribution in [1.82, 2.24) is 9.73 Å². The third-order valence-electron chi connectivity index (χ3n) is 4.00. The molecule has 1 aromatic rings. The minimum atomic E-state index is -3.49. The topological polar surface area (TPSA) is 73.8 Å².